The van der Waals surface area contributed by atoms with Gasteiger partial charge in [0.15, 0.2) is 0 Å². The molecule has 4 aromatic rings. The number of aryl methyl sites for hydroxylation is 3. The molecule has 3 aromatic carbocycles. The topological polar surface area (TPSA) is 90.2 Å². The number of nitrogens with zero attached hydrogens (tertiary/aromatic N) is 2. The molecule has 1 amide bonds. The molecule has 1 N–H and O–H groups in total. The maximum Gasteiger partial charge on any atom is 0.328 e. The Bertz CT molecular complexity index is 1510. The van der Waals surface area contributed by atoms with Gasteiger partial charge < -0.3 is 5.32 Å². The predicted octanol–water partition coefficient (Wildman–Crippen LogP) is 3.42. The van der Waals surface area contributed by atoms with Crippen LogP contribution in [-0.2, 0) is 35.1 Å². The van der Waals surface area contributed by atoms with E-state index >= 15 is 0 Å². The first-order valence-electron chi connectivity index (χ1n) is 10.2. The maximum atomic E-state index is 13.4. The van der Waals surface area contributed by atoms with Crippen molar-refractivity contribution in [3.8, 4) is 0 Å². The number of rotatable bonds is 6. The van der Waals surface area contributed by atoms with Gasteiger partial charge in [0, 0.05) is 20.5 Å². The number of sulfone groups is 1. The van der Waals surface area contributed by atoms with Crippen molar-refractivity contribution in [1.82, 2.24) is 9.13 Å². The van der Waals surface area contributed by atoms with E-state index in [9.17, 15) is 22.4 Å². The van der Waals surface area contributed by atoms with Gasteiger partial charge in [-0.05, 0) is 48.4 Å². The summed E-state index contributed by atoms with van der Waals surface area (Å²) in [5.74, 6) is -0.931. The fourth-order valence-electron chi connectivity index (χ4n) is 3.70. The SMILES string of the molecule is Cn1c(=O)n(C)c2cc(S(=O)(=O)c3ccc(F)cc3)c(NC(=O)CCc3ccccc3)cc21. The summed E-state index contributed by atoms with van der Waals surface area (Å²) in [6.07, 6.45) is 0.630. The maximum absolute atomic E-state index is 13.4. The van der Waals surface area contributed by atoms with Crippen LogP contribution in [0.1, 0.15) is 12.0 Å². The molecule has 0 radical (unpaired) electrons. The molecule has 0 saturated heterocycles. The standard InChI is InChI=1S/C24H22FN3O4S/c1-27-20-14-19(26-23(29)13-8-16-6-4-3-5-7-16)22(15-21(20)28(2)24(27)30)33(31,32)18-11-9-17(25)10-12-18/h3-7,9-12,14-15H,8,13H2,1-2H3,(H,26,29). The second-order valence-corrected chi connectivity index (χ2v) is 9.65. The summed E-state index contributed by atoms with van der Waals surface area (Å²) in [7, 11) is -1.01. The fourth-order valence-corrected chi connectivity index (χ4v) is 5.12. The van der Waals surface area contributed by atoms with Crippen LogP contribution in [0.3, 0.4) is 0 Å². The Morgan fingerprint density at radius 3 is 2.18 bits per heavy atom. The van der Waals surface area contributed by atoms with Crippen molar-refractivity contribution < 1.29 is 17.6 Å². The average molecular weight is 468 g/mol. The van der Waals surface area contributed by atoms with Crippen molar-refractivity contribution in [2.45, 2.75) is 22.6 Å². The Morgan fingerprint density at radius 1 is 0.939 bits per heavy atom. The predicted molar refractivity (Wildman–Crippen MR) is 123 cm³/mol. The summed E-state index contributed by atoms with van der Waals surface area (Å²) in [5, 5.41) is 2.70. The summed E-state index contributed by atoms with van der Waals surface area (Å²) in [4.78, 5) is 24.8. The zero-order chi connectivity index (χ0) is 23.8. The van der Waals surface area contributed by atoms with Gasteiger partial charge in [0.25, 0.3) is 0 Å². The van der Waals surface area contributed by atoms with Crippen LogP contribution in [0.4, 0.5) is 10.1 Å². The van der Waals surface area contributed by atoms with E-state index in [0.29, 0.717) is 17.5 Å². The molecular formula is C24H22FN3O4S. The van der Waals surface area contributed by atoms with Gasteiger partial charge in [0.2, 0.25) is 15.7 Å². The minimum Gasteiger partial charge on any atom is -0.325 e. The molecule has 0 atom stereocenters. The fraction of sp³-hybridized carbons (Fsp3) is 0.167. The number of carbonyl (C=O) groups excluding carboxylic acids is 1. The molecule has 0 aliphatic heterocycles. The van der Waals surface area contributed by atoms with Crippen LogP contribution in [0.25, 0.3) is 11.0 Å². The molecule has 1 aromatic heterocycles. The van der Waals surface area contributed by atoms with E-state index in [1.807, 2.05) is 30.3 Å². The van der Waals surface area contributed by atoms with E-state index in [1.165, 1.54) is 40.4 Å². The smallest absolute Gasteiger partial charge is 0.325 e. The van der Waals surface area contributed by atoms with Crippen molar-refractivity contribution in [3.05, 3.63) is 88.6 Å². The van der Waals surface area contributed by atoms with Crippen molar-refractivity contribution in [2.24, 2.45) is 14.1 Å². The molecular weight excluding hydrogens is 445 g/mol. The number of nitrogens with one attached hydrogen (secondary N) is 1. The molecule has 7 nitrogen and oxygen atoms in total. The molecule has 0 bridgehead atoms. The van der Waals surface area contributed by atoms with Gasteiger partial charge in [-0.2, -0.15) is 0 Å². The number of carbonyl (C=O) groups is 1. The minimum absolute atomic E-state index is 0.0612. The third-order valence-electron chi connectivity index (χ3n) is 5.54. The number of hydrogen-bond acceptors (Lipinski definition) is 4. The Morgan fingerprint density at radius 2 is 1.55 bits per heavy atom. The molecule has 0 saturated carbocycles. The van der Waals surface area contributed by atoms with Crippen molar-refractivity contribution >= 4 is 32.5 Å². The normalized spacial score (nSPS) is 11.6. The lowest BCUT2D eigenvalue weighted by Gasteiger charge is -2.13. The number of aromatic nitrogens is 2. The van der Waals surface area contributed by atoms with Crippen LogP contribution in [0.2, 0.25) is 0 Å². The number of anilines is 1. The lowest BCUT2D eigenvalue weighted by atomic mass is 10.1. The molecule has 33 heavy (non-hydrogen) atoms. The van der Waals surface area contributed by atoms with Crippen molar-refractivity contribution in [2.75, 3.05) is 5.32 Å². The van der Waals surface area contributed by atoms with Crippen LogP contribution in [0, 0.1) is 5.82 Å². The Balaban J connectivity index is 1.78. The van der Waals surface area contributed by atoms with Gasteiger partial charge >= 0.3 is 5.69 Å². The second-order valence-electron chi connectivity index (χ2n) is 7.73. The lowest BCUT2D eigenvalue weighted by Crippen LogP contribution is -2.19. The molecule has 9 heteroatoms. The average Bonchev–Trinajstić information content (AvgIpc) is 3.01. The van der Waals surface area contributed by atoms with Crippen LogP contribution >= 0.6 is 0 Å². The first-order chi connectivity index (χ1) is 15.7. The van der Waals surface area contributed by atoms with Gasteiger partial charge in [-0.25, -0.2) is 17.6 Å². The van der Waals surface area contributed by atoms with E-state index in [4.69, 9.17) is 0 Å². The summed E-state index contributed by atoms with van der Waals surface area (Å²) < 4.78 is 42.9. The summed E-state index contributed by atoms with van der Waals surface area (Å²) >= 11 is 0. The van der Waals surface area contributed by atoms with Gasteiger partial charge in [-0.3, -0.25) is 13.9 Å². The first-order valence-corrected chi connectivity index (χ1v) is 11.7. The number of fused-ring (bicyclic) bond motifs is 1. The zero-order valence-corrected chi connectivity index (χ0v) is 18.9. The molecule has 0 fully saturated rings. The van der Waals surface area contributed by atoms with E-state index in [1.54, 1.807) is 7.05 Å². The lowest BCUT2D eigenvalue weighted by molar-refractivity contribution is -0.116. The molecule has 1 heterocycles. The van der Waals surface area contributed by atoms with Crippen LogP contribution in [0.5, 0.6) is 0 Å². The number of amides is 1. The monoisotopic (exact) mass is 467 g/mol. The summed E-state index contributed by atoms with van der Waals surface area (Å²) in [6, 6.07) is 16.7. The van der Waals surface area contributed by atoms with E-state index < -0.39 is 15.7 Å². The third kappa shape index (κ3) is 4.31. The van der Waals surface area contributed by atoms with Crippen LogP contribution in [0.15, 0.2) is 81.3 Å². The molecule has 170 valence electrons. The molecule has 0 aliphatic rings. The number of imidazole rings is 1. The van der Waals surface area contributed by atoms with Gasteiger partial charge in [-0.1, -0.05) is 30.3 Å². The van der Waals surface area contributed by atoms with E-state index in [0.717, 1.165) is 17.7 Å². The Hall–Kier alpha value is -3.72. The van der Waals surface area contributed by atoms with Crippen molar-refractivity contribution in [3.63, 3.8) is 0 Å². The van der Waals surface area contributed by atoms with Gasteiger partial charge in [0.05, 0.1) is 26.5 Å². The molecule has 0 unspecified atom stereocenters. The zero-order valence-electron chi connectivity index (χ0n) is 18.1. The van der Waals surface area contributed by atoms with Crippen LogP contribution in [-0.4, -0.2) is 23.5 Å². The summed E-state index contributed by atoms with van der Waals surface area (Å²) in [6.45, 7) is 0. The highest BCUT2D eigenvalue weighted by Crippen LogP contribution is 2.32. The first kappa shape index (κ1) is 22.5. The Labute approximate surface area is 190 Å². The number of benzene rings is 3. The third-order valence-corrected chi connectivity index (χ3v) is 7.35. The Kier molecular flexibility index (Phi) is 5.90. The second kappa shape index (κ2) is 8.67. The quantitative estimate of drug-likeness (QED) is 0.440. The summed E-state index contributed by atoms with van der Waals surface area (Å²) in [5.41, 5.74) is 1.57. The van der Waals surface area contributed by atoms with Crippen LogP contribution < -0.4 is 11.0 Å². The minimum atomic E-state index is -4.12. The number of hydrogen-bond donors (Lipinski definition) is 1. The van der Waals surface area contributed by atoms with E-state index in [-0.39, 0.29) is 33.5 Å². The molecule has 0 aliphatic carbocycles. The highest BCUT2D eigenvalue weighted by molar-refractivity contribution is 7.91. The molecule has 0 spiro atoms. The number of halogens is 1. The largest absolute Gasteiger partial charge is 0.328 e. The van der Waals surface area contributed by atoms with Crippen molar-refractivity contribution in [1.29, 1.82) is 0 Å². The highest BCUT2D eigenvalue weighted by Gasteiger charge is 2.25. The highest BCUT2D eigenvalue weighted by atomic mass is 32.2. The molecule has 4 rings (SSSR count). The van der Waals surface area contributed by atoms with Gasteiger partial charge in [-0.15, -0.1) is 0 Å². The van der Waals surface area contributed by atoms with Gasteiger partial charge in [0.1, 0.15) is 5.82 Å². The van der Waals surface area contributed by atoms with E-state index in [2.05, 4.69) is 5.32 Å².